The van der Waals surface area contributed by atoms with Crippen LogP contribution in [0.5, 0.6) is 0 Å². The topological polar surface area (TPSA) is 18.5 Å². The summed E-state index contributed by atoms with van der Waals surface area (Å²) in [5, 5.41) is 0. The molecular weight excluding hydrogens is 80.0 g/mol. The molecule has 0 N–H and O–H groups in total. The van der Waals surface area contributed by atoms with Gasteiger partial charge in [-0.1, -0.05) is 13.8 Å². The first-order valence-electron chi connectivity index (χ1n) is 2.15. The third kappa shape index (κ3) is 2.18. The smallest absolute Gasteiger partial charge is 0.152 e. The van der Waals surface area contributed by atoms with Gasteiger partial charge in [0.2, 0.25) is 0 Å². The lowest BCUT2D eigenvalue weighted by Crippen LogP contribution is -2.14. The van der Waals surface area contributed by atoms with Gasteiger partial charge in [0.05, 0.1) is 0 Å². The standard InChI is InChI=1S/C2H4O2.C2H6/c1-3-2-4-1;1-2/h1-2H2;1-2H3. The van der Waals surface area contributed by atoms with E-state index in [2.05, 4.69) is 9.47 Å². The summed E-state index contributed by atoms with van der Waals surface area (Å²) in [6.07, 6.45) is 0. The molecular formula is C4H10O2. The summed E-state index contributed by atoms with van der Waals surface area (Å²) in [6.45, 7) is 5.00. The fourth-order valence-electron chi connectivity index (χ4n) is 0.0833. The van der Waals surface area contributed by atoms with Crippen molar-refractivity contribution in [2.45, 2.75) is 13.8 Å². The maximum atomic E-state index is 4.50. The Bertz CT molecular complexity index is 13.5. The fraction of sp³-hybridized carbons (Fsp3) is 1.00. The number of hydrogen-bond donors (Lipinski definition) is 0. The summed E-state index contributed by atoms with van der Waals surface area (Å²) >= 11 is 0. The van der Waals surface area contributed by atoms with E-state index in [9.17, 15) is 0 Å². The summed E-state index contributed by atoms with van der Waals surface area (Å²) in [4.78, 5) is 0. The molecule has 0 bridgehead atoms. The van der Waals surface area contributed by atoms with E-state index in [0.29, 0.717) is 13.6 Å². The van der Waals surface area contributed by atoms with Crippen LogP contribution in [0, 0.1) is 0 Å². The molecule has 2 nitrogen and oxygen atoms in total. The molecule has 38 valence electrons. The molecule has 1 aliphatic heterocycles. The van der Waals surface area contributed by atoms with Gasteiger partial charge in [-0.05, 0) is 0 Å². The third-order valence-electron chi connectivity index (χ3n) is 0.333. The molecule has 0 unspecified atom stereocenters. The normalized spacial score (nSPS) is 17.0. The quantitative estimate of drug-likeness (QED) is 0.441. The van der Waals surface area contributed by atoms with Gasteiger partial charge < -0.3 is 9.47 Å². The van der Waals surface area contributed by atoms with Crippen LogP contribution in [-0.4, -0.2) is 13.6 Å². The minimum absolute atomic E-state index is 0.500. The maximum Gasteiger partial charge on any atom is 0.152 e. The Morgan fingerprint density at radius 2 is 1.17 bits per heavy atom. The lowest BCUT2D eigenvalue weighted by molar-refractivity contribution is -0.247. The number of hydrogen-bond acceptors (Lipinski definition) is 2. The van der Waals surface area contributed by atoms with Crippen LogP contribution >= 0.6 is 0 Å². The highest BCUT2D eigenvalue weighted by Gasteiger charge is 1.93. The predicted molar refractivity (Wildman–Crippen MR) is 23.3 cm³/mol. The molecule has 2 heteroatoms. The van der Waals surface area contributed by atoms with Gasteiger partial charge in [-0.25, -0.2) is 0 Å². The van der Waals surface area contributed by atoms with E-state index in [0.717, 1.165) is 0 Å². The van der Waals surface area contributed by atoms with Gasteiger partial charge in [0.1, 0.15) is 0 Å². The third-order valence-corrected chi connectivity index (χ3v) is 0.333. The Kier molecular flexibility index (Phi) is 4.85. The molecule has 1 saturated heterocycles. The van der Waals surface area contributed by atoms with Crippen LogP contribution in [0.15, 0.2) is 0 Å². The molecule has 0 saturated carbocycles. The van der Waals surface area contributed by atoms with Gasteiger partial charge >= 0.3 is 0 Å². The van der Waals surface area contributed by atoms with E-state index in [1.54, 1.807) is 0 Å². The van der Waals surface area contributed by atoms with Gasteiger partial charge in [0, 0.05) is 0 Å². The fourth-order valence-corrected chi connectivity index (χ4v) is 0.0833. The number of rotatable bonds is 0. The first kappa shape index (κ1) is 5.92. The first-order valence-corrected chi connectivity index (χ1v) is 2.15. The first-order chi connectivity index (χ1) is 3.00. The minimum atomic E-state index is 0.500. The van der Waals surface area contributed by atoms with Gasteiger partial charge in [0.15, 0.2) is 13.6 Å². The average molecular weight is 90.1 g/mol. The summed E-state index contributed by atoms with van der Waals surface area (Å²) < 4.78 is 9.00. The second-order valence-electron chi connectivity index (χ2n) is 0.644. The van der Waals surface area contributed by atoms with Crippen molar-refractivity contribution in [3.8, 4) is 0 Å². The van der Waals surface area contributed by atoms with E-state index < -0.39 is 0 Å². The lowest BCUT2D eigenvalue weighted by atomic mass is 11.0. The molecule has 1 fully saturated rings. The van der Waals surface area contributed by atoms with Crippen molar-refractivity contribution in [3.63, 3.8) is 0 Å². The molecule has 1 rings (SSSR count). The van der Waals surface area contributed by atoms with Gasteiger partial charge in [-0.2, -0.15) is 0 Å². The highest BCUT2D eigenvalue weighted by atomic mass is 16.8. The monoisotopic (exact) mass is 90.1 g/mol. The molecule has 0 aliphatic carbocycles. The molecule has 0 amide bonds. The zero-order chi connectivity index (χ0) is 4.83. The van der Waals surface area contributed by atoms with E-state index in [1.807, 2.05) is 13.8 Å². The van der Waals surface area contributed by atoms with E-state index in [4.69, 9.17) is 0 Å². The van der Waals surface area contributed by atoms with Crippen molar-refractivity contribution in [1.82, 2.24) is 0 Å². The molecule has 0 radical (unpaired) electrons. The van der Waals surface area contributed by atoms with Crippen LogP contribution in [0.4, 0.5) is 0 Å². The zero-order valence-electron chi connectivity index (χ0n) is 4.23. The van der Waals surface area contributed by atoms with Crippen molar-refractivity contribution in [1.29, 1.82) is 0 Å². The molecule has 0 aromatic carbocycles. The van der Waals surface area contributed by atoms with Crippen LogP contribution in [0.3, 0.4) is 0 Å². The van der Waals surface area contributed by atoms with Crippen molar-refractivity contribution in [3.05, 3.63) is 0 Å². The van der Waals surface area contributed by atoms with Crippen LogP contribution < -0.4 is 0 Å². The summed E-state index contributed by atoms with van der Waals surface area (Å²) in [6, 6.07) is 0. The molecule has 1 aliphatic rings. The van der Waals surface area contributed by atoms with Crippen LogP contribution in [0.25, 0.3) is 0 Å². The van der Waals surface area contributed by atoms with E-state index >= 15 is 0 Å². The highest BCUT2D eigenvalue weighted by Crippen LogP contribution is 1.87. The molecule has 0 atom stereocenters. The van der Waals surface area contributed by atoms with Crippen molar-refractivity contribution in [2.75, 3.05) is 13.6 Å². The van der Waals surface area contributed by atoms with Gasteiger partial charge in [-0.3, -0.25) is 0 Å². The largest absolute Gasteiger partial charge is 0.329 e. The maximum absolute atomic E-state index is 4.50. The van der Waals surface area contributed by atoms with Crippen LogP contribution in [-0.2, 0) is 9.47 Å². The molecule has 0 aromatic rings. The average Bonchev–Trinajstić information content (AvgIpc) is 1.36. The Labute approximate surface area is 38.1 Å². The minimum Gasteiger partial charge on any atom is -0.329 e. The predicted octanol–water partition coefficient (Wildman–Crippen LogP) is 0.974. The van der Waals surface area contributed by atoms with Crippen molar-refractivity contribution < 1.29 is 9.47 Å². The van der Waals surface area contributed by atoms with Gasteiger partial charge in [-0.15, -0.1) is 0 Å². The van der Waals surface area contributed by atoms with Gasteiger partial charge in [0.25, 0.3) is 0 Å². The summed E-state index contributed by atoms with van der Waals surface area (Å²) in [5.41, 5.74) is 0. The van der Waals surface area contributed by atoms with E-state index in [1.165, 1.54) is 0 Å². The Morgan fingerprint density at radius 3 is 1.17 bits per heavy atom. The van der Waals surface area contributed by atoms with Crippen LogP contribution in [0.2, 0.25) is 0 Å². The summed E-state index contributed by atoms with van der Waals surface area (Å²) in [7, 11) is 0. The highest BCUT2D eigenvalue weighted by molar-refractivity contribution is 4.09. The second kappa shape index (κ2) is 4.92. The Morgan fingerprint density at radius 1 is 1.00 bits per heavy atom. The molecule has 1 heterocycles. The zero-order valence-corrected chi connectivity index (χ0v) is 4.23. The van der Waals surface area contributed by atoms with Crippen molar-refractivity contribution >= 4 is 0 Å². The Hall–Kier alpha value is -0.0800. The lowest BCUT2D eigenvalue weighted by Gasteiger charge is -2.10. The Balaban J connectivity index is 0.000000112. The molecule has 0 aromatic heterocycles. The second-order valence-corrected chi connectivity index (χ2v) is 0.644. The molecule has 0 spiro atoms. The molecule has 6 heavy (non-hydrogen) atoms. The summed E-state index contributed by atoms with van der Waals surface area (Å²) in [5.74, 6) is 0. The number of ether oxygens (including phenoxy) is 2. The SMILES string of the molecule is C1OCO1.CC. The van der Waals surface area contributed by atoms with Crippen molar-refractivity contribution in [2.24, 2.45) is 0 Å². The van der Waals surface area contributed by atoms with E-state index in [-0.39, 0.29) is 0 Å². The van der Waals surface area contributed by atoms with Crippen LogP contribution in [0.1, 0.15) is 13.8 Å².